The van der Waals surface area contributed by atoms with E-state index in [0.717, 1.165) is 41.0 Å². The molecule has 2 aliphatic heterocycles. The van der Waals surface area contributed by atoms with E-state index in [-0.39, 0.29) is 12.7 Å². The zero-order chi connectivity index (χ0) is 17.8. The third-order valence-corrected chi connectivity index (χ3v) is 5.26. The molecular formula is C18H20N4O3S. The highest BCUT2D eigenvalue weighted by Gasteiger charge is 2.15. The Hall–Kier alpha value is -2.48. The van der Waals surface area contributed by atoms with E-state index >= 15 is 0 Å². The Bertz CT molecular complexity index is 796. The lowest BCUT2D eigenvalue weighted by Crippen LogP contribution is -2.24. The highest BCUT2D eigenvalue weighted by Crippen LogP contribution is 2.32. The van der Waals surface area contributed by atoms with Crippen LogP contribution in [0.2, 0.25) is 0 Å². The van der Waals surface area contributed by atoms with Crippen LogP contribution in [-0.2, 0) is 11.3 Å². The standard InChI is InChI=1S/C18H20N4O3S/c23-17(19-9-13-3-4-14-15(7-13)25-12-24-14)10-26-18-8-16(20-11-21-18)22-5-1-2-6-22/h3-4,7-8,11H,1-2,5-6,9-10,12H2,(H,19,23). The lowest BCUT2D eigenvalue weighted by Gasteiger charge is -2.16. The van der Waals surface area contributed by atoms with Crippen molar-refractivity contribution in [1.29, 1.82) is 0 Å². The van der Waals surface area contributed by atoms with E-state index in [9.17, 15) is 4.79 Å². The number of hydrogen-bond donors (Lipinski definition) is 1. The number of carbonyl (C=O) groups excluding carboxylic acids is 1. The van der Waals surface area contributed by atoms with Gasteiger partial charge < -0.3 is 19.7 Å². The van der Waals surface area contributed by atoms with E-state index in [4.69, 9.17) is 9.47 Å². The summed E-state index contributed by atoms with van der Waals surface area (Å²) in [6.07, 6.45) is 3.98. The van der Waals surface area contributed by atoms with Gasteiger partial charge in [0.1, 0.15) is 17.2 Å². The van der Waals surface area contributed by atoms with Crippen molar-refractivity contribution in [2.75, 3.05) is 30.5 Å². The van der Waals surface area contributed by atoms with Gasteiger partial charge >= 0.3 is 0 Å². The number of ether oxygens (including phenoxy) is 2. The van der Waals surface area contributed by atoms with E-state index in [1.807, 2.05) is 24.3 Å². The van der Waals surface area contributed by atoms with Crippen LogP contribution in [-0.4, -0.2) is 41.5 Å². The van der Waals surface area contributed by atoms with Crippen LogP contribution in [0.3, 0.4) is 0 Å². The van der Waals surface area contributed by atoms with Crippen LogP contribution < -0.4 is 19.7 Å². The molecule has 0 unspecified atom stereocenters. The molecule has 2 aromatic rings. The summed E-state index contributed by atoms with van der Waals surface area (Å²) in [6, 6.07) is 7.64. The number of nitrogens with one attached hydrogen (secondary N) is 1. The minimum absolute atomic E-state index is 0.0333. The van der Waals surface area contributed by atoms with Crippen molar-refractivity contribution in [2.45, 2.75) is 24.4 Å². The van der Waals surface area contributed by atoms with Crippen LogP contribution in [0, 0.1) is 0 Å². The number of anilines is 1. The number of thioether (sulfide) groups is 1. The first-order chi connectivity index (χ1) is 12.8. The van der Waals surface area contributed by atoms with Crippen molar-refractivity contribution in [2.24, 2.45) is 0 Å². The molecule has 0 atom stereocenters. The van der Waals surface area contributed by atoms with Crippen LogP contribution in [0.15, 0.2) is 35.6 Å². The summed E-state index contributed by atoms with van der Waals surface area (Å²) in [7, 11) is 0. The average molecular weight is 372 g/mol. The van der Waals surface area contributed by atoms with Crippen molar-refractivity contribution < 1.29 is 14.3 Å². The minimum atomic E-state index is -0.0333. The van der Waals surface area contributed by atoms with E-state index in [1.165, 1.54) is 24.6 Å². The van der Waals surface area contributed by atoms with Gasteiger partial charge in [-0.2, -0.15) is 0 Å². The molecule has 0 saturated carbocycles. The number of hydrogen-bond acceptors (Lipinski definition) is 7. The lowest BCUT2D eigenvalue weighted by molar-refractivity contribution is -0.118. The molecule has 1 fully saturated rings. The molecule has 1 N–H and O–H groups in total. The maximum atomic E-state index is 12.1. The molecule has 8 heteroatoms. The molecule has 136 valence electrons. The molecule has 3 heterocycles. The summed E-state index contributed by atoms with van der Waals surface area (Å²) >= 11 is 1.42. The first-order valence-electron chi connectivity index (χ1n) is 8.63. The Labute approximate surface area is 156 Å². The zero-order valence-corrected chi connectivity index (χ0v) is 15.1. The quantitative estimate of drug-likeness (QED) is 0.615. The third-order valence-electron chi connectivity index (χ3n) is 4.34. The number of fused-ring (bicyclic) bond motifs is 1. The van der Waals surface area contributed by atoms with Crippen molar-refractivity contribution in [3.05, 3.63) is 36.2 Å². The summed E-state index contributed by atoms with van der Waals surface area (Å²) in [5.74, 6) is 2.70. The van der Waals surface area contributed by atoms with Gasteiger partial charge in [-0.1, -0.05) is 17.8 Å². The average Bonchev–Trinajstić information content (AvgIpc) is 3.36. The van der Waals surface area contributed by atoms with Gasteiger partial charge in [-0.15, -0.1) is 0 Å². The van der Waals surface area contributed by atoms with Crippen molar-refractivity contribution in [1.82, 2.24) is 15.3 Å². The smallest absolute Gasteiger partial charge is 0.231 e. The molecule has 1 aromatic heterocycles. The van der Waals surface area contributed by atoms with Crippen LogP contribution >= 0.6 is 11.8 Å². The second-order valence-electron chi connectivity index (χ2n) is 6.16. The molecule has 0 bridgehead atoms. The number of aromatic nitrogens is 2. The van der Waals surface area contributed by atoms with E-state index in [1.54, 1.807) is 6.33 Å². The number of rotatable bonds is 6. The van der Waals surface area contributed by atoms with Crippen LogP contribution in [0.1, 0.15) is 18.4 Å². The summed E-state index contributed by atoms with van der Waals surface area (Å²) in [4.78, 5) is 23.0. The van der Waals surface area contributed by atoms with Gasteiger partial charge in [-0.3, -0.25) is 4.79 Å². The van der Waals surface area contributed by atoms with Gasteiger partial charge in [0.2, 0.25) is 12.7 Å². The molecule has 0 spiro atoms. The van der Waals surface area contributed by atoms with Crippen molar-refractivity contribution in [3.63, 3.8) is 0 Å². The summed E-state index contributed by atoms with van der Waals surface area (Å²) in [5.41, 5.74) is 0.978. The van der Waals surface area contributed by atoms with E-state index in [2.05, 4.69) is 20.2 Å². The Kier molecular flexibility index (Phi) is 5.10. The van der Waals surface area contributed by atoms with Gasteiger partial charge in [0, 0.05) is 25.7 Å². The Balaban J connectivity index is 1.27. The molecule has 2 aliphatic rings. The molecular weight excluding hydrogens is 352 g/mol. The fourth-order valence-corrected chi connectivity index (χ4v) is 3.66. The topological polar surface area (TPSA) is 76.6 Å². The van der Waals surface area contributed by atoms with Gasteiger partial charge in [-0.05, 0) is 30.5 Å². The SMILES string of the molecule is O=C(CSc1cc(N2CCCC2)ncn1)NCc1ccc2c(c1)OCO2. The first kappa shape index (κ1) is 17.0. The Morgan fingerprint density at radius 3 is 2.88 bits per heavy atom. The van der Waals surface area contributed by atoms with Gasteiger partial charge in [0.05, 0.1) is 5.75 Å². The molecule has 1 amide bonds. The predicted octanol–water partition coefficient (Wildman–Crippen LogP) is 2.21. The molecule has 0 radical (unpaired) electrons. The van der Waals surface area contributed by atoms with Crippen molar-refractivity contribution >= 4 is 23.5 Å². The van der Waals surface area contributed by atoms with Gasteiger partial charge in [0.25, 0.3) is 0 Å². The third kappa shape index (κ3) is 4.01. The highest BCUT2D eigenvalue weighted by molar-refractivity contribution is 7.99. The van der Waals surface area contributed by atoms with Crippen LogP contribution in [0.25, 0.3) is 0 Å². The minimum Gasteiger partial charge on any atom is -0.454 e. The number of carbonyl (C=O) groups is 1. The second kappa shape index (κ2) is 7.82. The van der Waals surface area contributed by atoms with Crippen LogP contribution in [0.4, 0.5) is 5.82 Å². The van der Waals surface area contributed by atoms with Gasteiger partial charge in [-0.25, -0.2) is 9.97 Å². The lowest BCUT2D eigenvalue weighted by atomic mass is 10.2. The monoisotopic (exact) mass is 372 g/mol. The molecule has 26 heavy (non-hydrogen) atoms. The fourth-order valence-electron chi connectivity index (χ4n) is 2.97. The summed E-state index contributed by atoms with van der Waals surface area (Å²) < 4.78 is 10.6. The second-order valence-corrected chi connectivity index (χ2v) is 7.16. The maximum Gasteiger partial charge on any atom is 0.231 e. The van der Waals surface area contributed by atoms with E-state index in [0.29, 0.717) is 12.3 Å². The number of amides is 1. The highest BCUT2D eigenvalue weighted by atomic mass is 32.2. The molecule has 0 aliphatic carbocycles. The molecule has 7 nitrogen and oxygen atoms in total. The normalized spacial score (nSPS) is 15.3. The van der Waals surface area contributed by atoms with Gasteiger partial charge in [0.15, 0.2) is 11.5 Å². The Morgan fingerprint density at radius 1 is 1.15 bits per heavy atom. The maximum absolute atomic E-state index is 12.1. The number of benzene rings is 1. The Morgan fingerprint density at radius 2 is 2.00 bits per heavy atom. The van der Waals surface area contributed by atoms with E-state index < -0.39 is 0 Å². The largest absolute Gasteiger partial charge is 0.454 e. The van der Waals surface area contributed by atoms with Crippen LogP contribution in [0.5, 0.6) is 11.5 Å². The fraction of sp³-hybridized carbons (Fsp3) is 0.389. The summed E-state index contributed by atoms with van der Waals surface area (Å²) in [5, 5.41) is 3.74. The first-order valence-corrected chi connectivity index (χ1v) is 9.61. The molecule has 1 saturated heterocycles. The molecule has 4 rings (SSSR count). The van der Waals surface area contributed by atoms with Crippen molar-refractivity contribution in [3.8, 4) is 11.5 Å². The predicted molar refractivity (Wildman–Crippen MR) is 98.6 cm³/mol. The number of nitrogens with zero attached hydrogens (tertiary/aromatic N) is 3. The molecule has 1 aromatic carbocycles. The summed E-state index contributed by atoms with van der Waals surface area (Å²) in [6.45, 7) is 2.78. The zero-order valence-electron chi connectivity index (χ0n) is 14.3.